The second kappa shape index (κ2) is 11.5. The van der Waals surface area contributed by atoms with Gasteiger partial charge in [0.05, 0.1) is 24.8 Å². The molecule has 2 aromatic heterocycles. The van der Waals surface area contributed by atoms with E-state index in [0.29, 0.717) is 32.0 Å². The first kappa shape index (κ1) is 25.5. The van der Waals surface area contributed by atoms with Gasteiger partial charge in [-0.05, 0) is 61.9 Å². The van der Waals surface area contributed by atoms with Gasteiger partial charge in [0.25, 0.3) is 5.56 Å². The first-order valence-electron chi connectivity index (χ1n) is 12.4. The van der Waals surface area contributed by atoms with Crippen LogP contribution in [0.4, 0.5) is 4.39 Å². The molecule has 2 heterocycles. The summed E-state index contributed by atoms with van der Waals surface area (Å²) in [6.45, 7) is 0.872. The van der Waals surface area contributed by atoms with Crippen LogP contribution in [-0.2, 0) is 11.3 Å². The summed E-state index contributed by atoms with van der Waals surface area (Å²) < 4.78 is 22.6. The lowest BCUT2D eigenvalue weighted by Crippen LogP contribution is -2.28. The first-order valence-corrected chi connectivity index (χ1v) is 14.2. The lowest BCUT2D eigenvalue weighted by molar-refractivity contribution is -0.118. The molecule has 0 saturated heterocycles. The maximum Gasteiger partial charge on any atom is 0.272 e. The Morgan fingerprint density at radius 3 is 2.81 bits per heavy atom. The number of carbonyl (C=O) groups is 1. The molecule has 0 saturated carbocycles. The van der Waals surface area contributed by atoms with E-state index < -0.39 is 5.82 Å². The number of carbonyl (C=O) groups excluding carboxylic acids is 1. The number of thioether (sulfide) groups is 1. The van der Waals surface area contributed by atoms with Crippen LogP contribution in [0.5, 0.6) is 5.75 Å². The number of nitrogens with one attached hydrogen (secondary N) is 1. The Balaban J connectivity index is 1.41. The van der Waals surface area contributed by atoms with Crippen LogP contribution in [0.25, 0.3) is 20.3 Å². The summed E-state index contributed by atoms with van der Waals surface area (Å²) in [5.41, 5.74) is 2.41. The Bertz CT molecular complexity index is 1530. The fourth-order valence-corrected chi connectivity index (χ4v) is 6.47. The predicted molar refractivity (Wildman–Crippen MR) is 148 cm³/mol. The van der Waals surface area contributed by atoms with Crippen molar-refractivity contribution in [1.29, 1.82) is 0 Å². The van der Waals surface area contributed by atoms with Gasteiger partial charge in [0.1, 0.15) is 21.8 Å². The molecule has 0 aliphatic heterocycles. The van der Waals surface area contributed by atoms with Gasteiger partial charge in [-0.3, -0.25) is 14.2 Å². The summed E-state index contributed by atoms with van der Waals surface area (Å²) in [7, 11) is 1.60. The minimum absolute atomic E-state index is 0.115. The van der Waals surface area contributed by atoms with E-state index in [0.717, 1.165) is 30.6 Å². The number of ether oxygens (including phenoxy) is 1. The van der Waals surface area contributed by atoms with Gasteiger partial charge in [-0.1, -0.05) is 41.6 Å². The third-order valence-electron chi connectivity index (χ3n) is 6.50. The summed E-state index contributed by atoms with van der Waals surface area (Å²) in [6, 6.07) is 12.3. The highest BCUT2D eigenvalue weighted by Crippen LogP contribution is 2.34. The molecule has 37 heavy (non-hydrogen) atoms. The summed E-state index contributed by atoms with van der Waals surface area (Å²) in [6.07, 6.45) is 7.83. The van der Waals surface area contributed by atoms with Gasteiger partial charge in [-0.2, -0.15) is 0 Å². The van der Waals surface area contributed by atoms with Crippen molar-refractivity contribution < 1.29 is 13.9 Å². The van der Waals surface area contributed by atoms with Crippen LogP contribution < -0.4 is 15.6 Å². The number of rotatable bonds is 9. The van der Waals surface area contributed by atoms with Crippen molar-refractivity contribution in [2.75, 3.05) is 19.4 Å². The average molecular weight is 538 g/mol. The average Bonchev–Trinajstić information content (AvgIpc) is 3.30. The van der Waals surface area contributed by atoms with E-state index in [1.165, 1.54) is 47.6 Å². The molecule has 1 N–H and O–H groups in total. The van der Waals surface area contributed by atoms with Gasteiger partial charge in [0.2, 0.25) is 5.91 Å². The van der Waals surface area contributed by atoms with E-state index in [4.69, 9.17) is 9.72 Å². The molecular weight excluding hydrogens is 509 g/mol. The number of allylic oxidation sites excluding steroid dienone is 1. The Morgan fingerprint density at radius 1 is 1.22 bits per heavy atom. The van der Waals surface area contributed by atoms with E-state index >= 15 is 0 Å². The van der Waals surface area contributed by atoms with Gasteiger partial charge in [0, 0.05) is 11.2 Å². The molecule has 4 aromatic rings. The third-order valence-corrected chi connectivity index (χ3v) is 8.61. The lowest BCUT2D eigenvalue weighted by Gasteiger charge is -2.14. The number of thiophene rings is 1. The number of benzene rings is 2. The molecule has 0 spiro atoms. The van der Waals surface area contributed by atoms with Gasteiger partial charge >= 0.3 is 0 Å². The highest BCUT2D eigenvalue weighted by Gasteiger charge is 2.19. The number of methoxy groups -OCH3 is 1. The second-order valence-corrected chi connectivity index (χ2v) is 11.0. The maximum atomic E-state index is 14.7. The van der Waals surface area contributed by atoms with Crippen LogP contribution in [0.2, 0.25) is 0 Å². The van der Waals surface area contributed by atoms with Crippen molar-refractivity contribution >= 4 is 49.3 Å². The zero-order valence-corrected chi connectivity index (χ0v) is 22.2. The minimum Gasteiger partial charge on any atom is -0.497 e. The molecular formula is C28H28FN3O3S2. The van der Waals surface area contributed by atoms with Crippen molar-refractivity contribution in [1.82, 2.24) is 14.9 Å². The summed E-state index contributed by atoms with van der Waals surface area (Å²) in [4.78, 5) is 31.0. The van der Waals surface area contributed by atoms with E-state index in [2.05, 4.69) is 11.4 Å². The molecule has 0 unspecified atom stereocenters. The second-order valence-electron chi connectivity index (χ2n) is 9.02. The zero-order chi connectivity index (χ0) is 25.8. The largest absolute Gasteiger partial charge is 0.497 e. The SMILES string of the molecule is COc1ccc(Cn2c(SCC(=O)NCCC3=CCCCC3)nc3c(sc4cccc(F)c43)c2=O)cc1. The molecule has 1 aliphatic rings. The van der Waals surface area contributed by atoms with Gasteiger partial charge in [-0.25, -0.2) is 9.37 Å². The lowest BCUT2D eigenvalue weighted by atomic mass is 9.97. The van der Waals surface area contributed by atoms with Crippen LogP contribution >= 0.6 is 23.1 Å². The molecule has 9 heteroatoms. The van der Waals surface area contributed by atoms with E-state index in [1.807, 2.05) is 24.3 Å². The molecule has 1 amide bonds. The van der Waals surface area contributed by atoms with Crippen LogP contribution in [0.3, 0.4) is 0 Å². The van der Waals surface area contributed by atoms with Crippen molar-refractivity contribution in [3.8, 4) is 5.75 Å². The Hall–Kier alpha value is -3.17. The monoisotopic (exact) mass is 537 g/mol. The van der Waals surface area contributed by atoms with Gasteiger partial charge in [0.15, 0.2) is 5.16 Å². The molecule has 0 radical (unpaired) electrons. The topological polar surface area (TPSA) is 73.2 Å². The molecule has 5 rings (SSSR count). The Kier molecular flexibility index (Phi) is 7.90. The van der Waals surface area contributed by atoms with Gasteiger partial charge in [-0.15, -0.1) is 11.3 Å². The summed E-state index contributed by atoms with van der Waals surface area (Å²) >= 11 is 2.44. The molecule has 6 nitrogen and oxygen atoms in total. The molecule has 2 aromatic carbocycles. The highest BCUT2D eigenvalue weighted by atomic mass is 32.2. The number of hydrogen-bond acceptors (Lipinski definition) is 6. The number of nitrogens with zero attached hydrogens (tertiary/aromatic N) is 2. The van der Waals surface area contributed by atoms with Crippen molar-refractivity contribution in [3.63, 3.8) is 0 Å². The van der Waals surface area contributed by atoms with Crippen LogP contribution in [0.1, 0.15) is 37.7 Å². The van der Waals surface area contributed by atoms with Gasteiger partial charge < -0.3 is 10.1 Å². The minimum atomic E-state index is -0.408. The van der Waals surface area contributed by atoms with E-state index in [-0.39, 0.29) is 23.8 Å². The van der Waals surface area contributed by atoms with Crippen LogP contribution in [0.15, 0.2) is 64.1 Å². The maximum absolute atomic E-state index is 14.7. The molecule has 0 fully saturated rings. The smallest absolute Gasteiger partial charge is 0.272 e. The van der Waals surface area contributed by atoms with Crippen LogP contribution in [-0.4, -0.2) is 34.9 Å². The van der Waals surface area contributed by atoms with Crippen molar-refractivity contribution in [2.45, 2.75) is 43.8 Å². The summed E-state index contributed by atoms with van der Waals surface area (Å²) in [5.74, 6) is 0.312. The number of halogens is 1. The molecule has 0 bridgehead atoms. The Labute approximate surface area is 222 Å². The van der Waals surface area contributed by atoms with E-state index in [9.17, 15) is 14.0 Å². The first-order chi connectivity index (χ1) is 18.0. The van der Waals surface area contributed by atoms with Crippen molar-refractivity contribution in [2.24, 2.45) is 0 Å². The number of amides is 1. The number of hydrogen-bond donors (Lipinski definition) is 1. The summed E-state index contributed by atoms with van der Waals surface area (Å²) in [5, 5.41) is 3.72. The molecule has 0 atom stereocenters. The quantitative estimate of drug-likeness (QED) is 0.163. The van der Waals surface area contributed by atoms with Crippen LogP contribution in [0, 0.1) is 5.82 Å². The third kappa shape index (κ3) is 5.72. The van der Waals surface area contributed by atoms with E-state index in [1.54, 1.807) is 23.8 Å². The number of aromatic nitrogens is 2. The normalized spacial score (nSPS) is 13.6. The standard InChI is InChI=1S/C28H28FN3O3S2/c1-35-20-12-10-19(11-13-20)16-32-27(34)26-25(24-21(29)8-5-9-22(24)37-26)31-28(32)36-17-23(33)30-15-14-18-6-3-2-4-7-18/h5-6,8-13H,2-4,7,14-17H2,1H3,(H,30,33). The molecule has 192 valence electrons. The zero-order valence-electron chi connectivity index (χ0n) is 20.6. The fraction of sp³-hybridized carbons (Fsp3) is 0.321. The highest BCUT2D eigenvalue weighted by molar-refractivity contribution is 7.99. The molecule has 1 aliphatic carbocycles. The fourth-order valence-electron chi connectivity index (χ4n) is 4.55. The van der Waals surface area contributed by atoms with Crippen molar-refractivity contribution in [3.05, 3.63) is 75.8 Å². The predicted octanol–water partition coefficient (Wildman–Crippen LogP) is 5.91. The number of fused-ring (bicyclic) bond motifs is 3. The Morgan fingerprint density at radius 2 is 2.05 bits per heavy atom.